The second-order valence-corrected chi connectivity index (χ2v) is 10.4. The topological polar surface area (TPSA) is 105 Å². The van der Waals surface area contributed by atoms with Crippen LogP contribution in [0.4, 0.5) is 31.9 Å². The zero-order valence-electron chi connectivity index (χ0n) is 20.2. The van der Waals surface area contributed by atoms with Crippen LogP contribution in [0.2, 0.25) is 5.02 Å². The van der Waals surface area contributed by atoms with Crippen LogP contribution in [0.5, 0.6) is 5.75 Å². The number of aryl methyl sites for hydroxylation is 1. The molecule has 2 aliphatic heterocycles. The molecular formula is C25H27ClF2N6O3. The van der Waals surface area contributed by atoms with Crippen LogP contribution in [0.25, 0.3) is 10.9 Å². The number of nitrogens with one attached hydrogen (secondary N) is 2. The summed E-state index contributed by atoms with van der Waals surface area (Å²) in [6.07, 6.45) is 2.28. The molecule has 0 spiro atoms. The van der Waals surface area contributed by atoms with E-state index in [2.05, 4.69) is 20.6 Å². The Hall–Kier alpha value is -3.18. The van der Waals surface area contributed by atoms with Gasteiger partial charge in [0.15, 0.2) is 5.82 Å². The Morgan fingerprint density at radius 3 is 2.86 bits per heavy atom. The maximum absolute atomic E-state index is 13.7. The second kappa shape index (κ2) is 8.98. The lowest BCUT2D eigenvalue weighted by Crippen LogP contribution is -2.51. The third kappa shape index (κ3) is 4.44. The van der Waals surface area contributed by atoms with Gasteiger partial charge in [0.05, 0.1) is 30.6 Å². The molecule has 1 aliphatic carbocycles. The van der Waals surface area contributed by atoms with Gasteiger partial charge >= 0.3 is 0 Å². The van der Waals surface area contributed by atoms with Crippen molar-refractivity contribution in [3.8, 4) is 5.75 Å². The van der Waals surface area contributed by atoms with E-state index in [9.17, 15) is 18.7 Å². The highest BCUT2D eigenvalue weighted by atomic mass is 35.5. The number of aromatic nitrogens is 3. The first-order valence-corrected chi connectivity index (χ1v) is 12.8. The minimum absolute atomic E-state index is 0.00903. The molecule has 2 atom stereocenters. The molecule has 1 aromatic carbocycles. The van der Waals surface area contributed by atoms with Crippen LogP contribution in [0.15, 0.2) is 29.2 Å². The van der Waals surface area contributed by atoms with Crippen molar-refractivity contribution in [3.05, 3.63) is 39.8 Å². The summed E-state index contributed by atoms with van der Waals surface area (Å²) in [5, 5.41) is 17.7. The van der Waals surface area contributed by atoms with Gasteiger partial charge in [-0.25, -0.2) is 13.8 Å². The van der Waals surface area contributed by atoms with E-state index in [1.165, 1.54) is 23.9 Å². The molecule has 0 bridgehead atoms. The van der Waals surface area contributed by atoms with Crippen LogP contribution in [0.3, 0.4) is 0 Å². The van der Waals surface area contributed by atoms with E-state index >= 15 is 0 Å². The highest BCUT2D eigenvalue weighted by Crippen LogP contribution is 2.41. The molecule has 0 amide bonds. The molecule has 9 nitrogen and oxygen atoms in total. The number of hydrogen-bond donors (Lipinski definition) is 3. The number of β-amino-alcohol motifs (C(OH)–C–C–N with tert-alkyl or cyclic N) is 1. The molecule has 0 radical (unpaired) electrons. The van der Waals surface area contributed by atoms with Gasteiger partial charge in [0, 0.05) is 43.5 Å². The number of aliphatic hydroxyl groups is 1. The number of benzene rings is 1. The van der Waals surface area contributed by atoms with E-state index in [0.29, 0.717) is 35.5 Å². The molecule has 3 aromatic rings. The van der Waals surface area contributed by atoms with Crippen molar-refractivity contribution in [2.45, 2.75) is 43.8 Å². The largest absolute Gasteiger partial charge is 0.486 e. The van der Waals surface area contributed by atoms with Gasteiger partial charge in [-0.2, -0.15) is 4.98 Å². The minimum atomic E-state index is -3.14. The molecule has 1 unspecified atom stereocenters. The lowest BCUT2D eigenvalue weighted by Gasteiger charge is -2.35. The number of halogens is 3. The van der Waals surface area contributed by atoms with Crippen molar-refractivity contribution in [1.82, 2.24) is 14.5 Å². The van der Waals surface area contributed by atoms with Crippen molar-refractivity contribution < 1.29 is 18.6 Å². The second-order valence-electron chi connectivity index (χ2n) is 9.99. The van der Waals surface area contributed by atoms with Crippen LogP contribution in [-0.2, 0) is 7.05 Å². The van der Waals surface area contributed by atoms with Crippen LogP contribution in [0, 0.1) is 5.92 Å². The Morgan fingerprint density at radius 1 is 1.30 bits per heavy atom. The van der Waals surface area contributed by atoms with Gasteiger partial charge in [-0.05, 0) is 37.0 Å². The van der Waals surface area contributed by atoms with E-state index in [0.717, 1.165) is 17.3 Å². The Labute approximate surface area is 216 Å². The van der Waals surface area contributed by atoms with E-state index in [1.807, 2.05) is 18.2 Å². The van der Waals surface area contributed by atoms with Crippen molar-refractivity contribution in [2.24, 2.45) is 13.0 Å². The number of piperidine rings is 1. The van der Waals surface area contributed by atoms with Crippen LogP contribution >= 0.6 is 11.6 Å². The summed E-state index contributed by atoms with van der Waals surface area (Å²) in [6, 6.07) is 5.81. The Kier molecular flexibility index (Phi) is 5.87. The number of pyridine rings is 1. The van der Waals surface area contributed by atoms with E-state index in [4.69, 9.17) is 16.3 Å². The average Bonchev–Trinajstić information content (AvgIpc) is 3.72. The standard InChI is InChI=1S/C25H27ClF2N6O3/c1-33-18-5-4-14(10-15(18)20-21(23(33)36)37-9-6-17(31-20)13-2-3-13)30-22-16(26)11-29-24(32-22)34-8-7-25(27,28)19(35)12-34/h4-5,10-11,13,17,19,31,35H,2-3,6-9,12H2,1H3,(H,29,30,32)/t17?,19-/m1/s1. The monoisotopic (exact) mass is 532 g/mol. The van der Waals surface area contributed by atoms with Crippen LogP contribution in [-0.4, -0.2) is 57.4 Å². The molecule has 37 heavy (non-hydrogen) atoms. The van der Waals surface area contributed by atoms with E-state index in [-0.39, 0.29) is 35.7 Å². The number of rotatable bonds is 4. The number of alkyl halides is 2. The maximum atomic E-state index is 13.7. The summed E-state index contributed by atoms with van der Waals surface area (Å²) in [7, 11) is 1.72. The Morgan fingerprint density at radius 2 is 2.11 bits per heavy atom. The molecule has 6 rings (SSSR count). The highest BCUT2D eigenvalue weighted by Gasteiger charge is 2.43. The van der Waals surface area contributed by atoms with Crippen LogP contribution < -0.4 is 25.8 Å². The van der Waals surface area contributed by atoms with Gasteiger partial charge in [-0.1, -0.05) is 11.6 Å². The third-order valence-corrected chi connectivity index (χ3v) is 7.70. The molecule has 2 aromatic heterocycles. The van der Waals surface area contributed by atoms with Gasteiger partial charge in [-0.3, -0.25) is 4.79 Å². The number of nitrogens with zero attached hydrogens (tertiary/aromatic N) is 4. The van der Waals surface area contributed by atoms with Crippen molar-refractivity contribution in [2.75, 3.05) is 35.2 Å². The lowest BCUT2D eigenvalue weighted by molar-refractivity contribution is -0.118. The molecule has 4 heterocycles. The number of anilines is 4. The first-order chi connectivity index (χ1) is 17.7. The quantitative estimate of drug-likeness (QED) is 0.465. The number of ether oxygens (including phenoxy) is 1. The SMILES string of the molecule is Cn1c(=O)c2c(c3cc(Nc4nc(N5CCC(F)(F)[C@H](O)C5)ncc4Cl)ccc31)NC(C1CC1)CCO2. The lowest BCUT2D eigenvalue weighted by atomic mass is 10.0. The predicted octanol–water partition coefficient (Wildman–Crippen LogP) is 3.90. The van der Waals surface area contributed by atoms with Crippen molar-refractivity contribution >= 4 is 45.6 Å². The number of hydrogen-bond acceptors (Lipinski definition) is 8. The summed E-state index contributed by atoms with van der Waals surface area (Å²) < 4.78 is 35.0. The van der Waals surface area contributed by atoms with Gasteiger partial charge in [0.25, 0.3) is 11.5 Å². The molecule has 1 saturated carbocycles. The molecule has 1 saturated heterocycles. The van der Waals surface area contributed by atoms with Crippen molar-refractivity contribution in [3.63, 3.8) is 0 Å². The number of fused-ring (bicyclic) bond motifs is 3. The molecule has 3 N–H and O–H groups in total. The Bertz CT molecular complexity index is 1430. The fourth-order valence-electron chi connectivity index (χ4n) is 5.07. The predicted molar refractivity (Wildman–Crippen MR) is 138 cm³/mol. The molecule has 2 fully saturated rings. The Balaban J connectivity index is 1.34. The van der Waals surface area contributed by atoms with Gasteiger partial charge < -0.3 is 29.9 Å². The highest BCUT2D eigenvalue weighted by molar-refractivity contribution is 6.32. The maximum Gasteiger partial charge on any atom is 0.295 e. The molecular weight excluding hydrogens is 506 g/mol. The normalized spacial score (nSPS) is 23.1. The smallest absolute Gasteiger partial charge is 0.295 e. The number of aliphatic hydroxyl groups excluding tert-OH is 1. The summed E-state index contributed by atoms with van der Waals surface area (Å²) >= 11 is 6.37. The summed E-state index contributed by atoms with van der Waals surface area (Å²) in [5.41, 5.74) is 1.91. The first-order valence-electron chi connectivity index (χ1n) is 12.4. The molecule has 3 aliphatic rings. The van der Waals surface area contributed by atoms with Gasteiger partial charge in [0.1, 0.15) is 11.1 Å². The van der Waals surface area contributed by atoms with Crippen LogP contribution in [0.1, 0.15) is 25.7 Å². The zero-order valence-corrected chi connectivity index (χ0v) is 20.9. The van der Waals surface area contributed by atoms with E-state index < -0.39 is 18.4 Å². The first kappa shape index (κ1) is 24.2. The van der Waals surface area contributed by atoms with Gasteiger partial charge in [0.2, 0.25) is 11.7 Å². The fraction of sp³-hybridized carbons (Fsp3) is 0.480. The van der Waals surface area contributed by atoms with E-state index in [1.54, 1.807) is 11.6 Å². The van der Waals surface area contributed by atoms with Gasteiger partial charge in [-0.15, -0.1) is 0 Å². The van der Waals surface area contributed by atoms with Crippen molar-refractivity contribution in [1.29, 1.82) is 0 Å². The molecule has 12 heteroatoms. The summed E-state index contributed by atoms with van der Waals surface area (Å²) in [5.74, 6) is -1.74. The molecule has 196 valence electrons. The summed E-state index contributed by atoms with van der Waals surface area (Å²) in [4.78, 5) is 23.2. The zero-order chi connectivity index (χ0) is 25.9. The average molecular weight is 533 g/mol. The third-order valence-electron chi connectivity index (χ3n) is 7.42. The summed E-state index contributed by atoms with van der Waals surface area (Å²) in [6.45, 7) is 0.212. The fourth-order valence-corrected chi connectivity index (χ4v) is 5.21. The minimum Gasteiger partial charge on any atom is -0.486 e.